The standard InChI is InChI=1S/C14H14N4O2/c1-10-3-2-4-12(9-10)17-14(15)16-11-5-7-13(8-6-11)18(19)20/h2-9H,1H3,(H3,15,16,17). The summed E-state index contributed by atoms with van der Waals surface area (Å²) in [6.45, 7) is 1.98. The molecule has 0 spiro atoms. The van der Waals surface area contributed by atoms with Gasteiger partial charge in [-0.15, -0.1) is 0 Å². The fraction of sp³-hybridized carbons (Fsp3) is 0.0714. The average Bonchev–Trinajstić information content (AvgIpc) is 2.39. The Balaban J connectivity index is 2.12. The zero-order valence-electron chi connectivity index (χ0n) is 10.9. The van der Waals surface area contributed by atoms with Crippen molar-refractivity contribution in [3.05, 3.63) is 64.2 Å². The molecular weight excluding hydrogens is 256 g/mol. The van der Waals surface area contributed by atoms with Crippen LogP contribution in [-0.4, -0.2) is 10.9 Å². The number of nitrogens with two attached hydrogens (primary N) is 1. The first-order valence-electron chi connectivity index (χ1n) is 5.97. The fourth-order valence-corrected chi connectivity index (χ4v) is 1.69. The number of nitro groups is 1. The highest BCUT2D eigenvalue weighted by molar-refractivity contribution is 5.94. The lowest BCUT2D eigenvalue weighted by molar-refractivity contribution is -0.384. The van der Waals surface area contributed by atoms with E-state index in [4.69, 9.17) is 5.73 Å². The summed E-state index contributed by atoms with van der Waals surface area (Å²) in [7, 11) is 0. The largest absolute Gasteiger partial charge is 0.369 e. The molecule has 6 heteroatoms. The van der Waals surface area contributed by atoms with Crippen molar-refractivity contribution in [2.45, 2.75) is 6.92 Å². The van der Waals surface area contributed by atoms with Crippen LogP contribution in [0.5, 0.6) is 0 Å². The number of guanidine groups is 1. The number of nitrogens with zero attached hydrogens (tertiary/aromatic N) is 2. The number of benzene rings is 2. The minimum atomic E-state index is -0.457. The van der Waals surface area contributed by atoms with Crippen molar-refractivity contribution >= 4 is 23.0 Å². The maximum Gasteiger partial charge on any atom is 0.269 e. The van der Waals surface area contributed by atoms with Crippen molar-refractivity contribution in [1.82, 2.24) is 0 Å². The van der Waals surface area contributed by atoms with Crippen molar-refractivity contribution in [2.75, 3.05) is 5.32 Å². The van der Waals surface area contributed by atoms with E-state index in [-0.39, 0.29) is 11.6 Å². The van der Waals surface area contributed by atoms with Crippen LogP contribution < -0.4 is 11.1 Å². The molecule has 0 aliphatic carbocycles. The van der Waals surface area contributed by atoms with E-state index in [0.29, 0.717) is 5.69 Å². The van der Waals surface area contributed by atoms with E-state index < -0.39 is 4.92 Å². The smallest absolute Gasteiger partial charge is 0.269 e. The normalized spacial score (nSPS) is 11.2. The van der Waals surface area contributed by atoms with Crippen LogP contribution >= 0.6 is 0 Å². The van der Waals surface area contributed by atoms with E-state index >= 15 is 0 Å². The van der Waals surface area contributed by atoms with Crippen LogP contribution in [0.3, 0.4) is 0 Å². The van der Waals surface area contributed by atoms with Gasteiger partial charge >= 0.3 is 0 Å². The molecule has 0 radical (unpaired) electrons. The van der Waals surface area contributed by atoms with Gasteiger partial charge in [0.1, 0.15) is 0 Å². The van der Waals surface area contributed by atoms with Gasteiger partial charge in [-0.2, -0.15) is 0 Å². The number of rotatable bonds is 3. The molecule has 0 unspecified atom stereocenters. The SMILES string of the molecule is Cc1cccc(NC(N)=Nc2ccc([N+](=O)[O-])cc2)c1. The second-order valence-electron chi connectivity index (χ2n) is 4.27. The third kappa shape index (κ3) is 3.55. The minimum absolute atomic E-state index is 0.0224. The fourth-order valence-electron chi connectivity index (χ4n) is 1.69. The molecule has 0 aromatic heterocycles. The highest BCUT2D eigenvalue weighted by Gasteiger charge is 2.03. The van der Waals surface area contributed by atoms with Gasteiger partial charge in [0.15, 0.2) is 5.96 Å². The van der Waals surface area contributed by atoms with Gasteiger partial charge in [-0.1, -0.05) is 12.1 Å². The monoisotopic (exact) mass is 270 g/mol. The van der Waals surface area contributed by atoms with Crippen molar-refractivity contribution in [2.24, 2.45) is 10.7 Å². The number of nitro benzene ring substituents is 1. The molecule has 0 bridgehead atoms. The quantitative estimate of drug-likeness (QED) is 0.388. The molecule has 0 atom stereocenters. The first-order valence-corrected chi connectivity index (χ1v) is 5.97. The van der Waals surface area contributed by atoms with Crippen LogP contribution in [0.1, 0.15) is 5.56 Å². The maximum absolute atomic E-state index is 10.5. The first kappa shape index (κ1) is 13.5. The van der Waals surface area contributed by atoms with Crippen LogP contribution in [0.15, 0.2) is 53.5 Å². The summed E-state index contributed by atoms with van der Waals surface area (Å²) in [5.41, 5.74) is 8.31. The Labute approximate surface area is 116 Å². The molecule has 0 amide bonds. The molecule has 0 aliphatic rings. The molecule has 0 saturated heterocycles. The van der Waals surface area contributed by atoms with E-state index in [2.05, 4.69) is 10.3 Å². The van der Waals surface area contributed by atoms with Gasteiger partial charge in [0, 0.05) is 17.8 Å². The van der Waals surface area contributed by atoms with Crippen LogP contribution in [0.4, 0.5) is 17.1 Å². The highest BCUT2D eigenvalue weighted by atomic mass is 16.6. The molecule has 0 saturated carbocycles. The van der Waals surface area contributed by atoms with Crippen LogP contribution in [0, 0.1) is 17.0 Å². The summed E-state index contributed by atoms with van der Waals surface area (Å²) < 4.78 is 0. The highest BCUT2D eigenvalue weighted by Crippen LogP contribution is 2.18. The van der Waals surface area contributed by atoms with Crippen LogP contribution in [-0.2, 0) is 0 Å². The molecule has 0 fully saturated rings. The summed E-state index contributed by atoms with van der Waals surface area (Å²) in [6.07, 6.45) is 0. The van der Waals surface area contributed by atoms with Gasteiger partial charge in [-0.3, -0.25) is 10.1 Å². The van der Waals surface area contributed by atoms with Crippen LogP contribution in [0.25, 0.3) is 0 Å². The number of non-ortho nitro benzene ring substituents is 1. The Morgan fingerprint density at radius 3 is 2.55 bits per heavy atom. The predicted octanol–water partition coefficient (Wildman–Crippen LogP) is 2.96. The predicted molar refractivity (Wildman–Crippen MR) is 79.2 cm³/mol. The van der Waals surface area contributed by atoms with E-state index in [9.17, 15) is 10.1 Å². The Kier molecular flexibility index (Phi) is 3.95. The molecule has 0 aliphatic heterocycles. The summed E-state index contributed by atoms with van der Waals surface area (Å²) in [5, 5.41) is 13.5. The lowest BCUT2D eigenvalue weighted by Gasteiger charge is -2.06. The average molecular weight is 270 g/mol. The zero-order valence-corrected chi connectivity index (χ0v) is 10.9. The van der Waals surface area contributed by atoms with Gasteiger partial charge in [0.25, 0.3) is 5.69 Å². The van der Waals surface area contributed by atoms with Crippen molar-refractivity contribution < 1.29 is 4.92 Å². The van der Waals surface area contributed by atoms with Crippen molar-refractivity contribution in [1.29, 1.82) is 0 Å². The lowest BCUT2D eigenvalue weighted by Crippen LogP contribution is -2.21. The Morgan fingerprint density at radius 2 is 1.95 bits per heavy atom. The topological polar surface area (TPSA) is 93.5 Å². The molecule has 2 aromatic carbocycles. The molecule has 20 heavy (non-hydrogen) atoms. The van der Waals surface area contributed by atoms with E-state index in [1.54, 1.807) is 12.1 Å². The lowest BCUT2D eigenvalue weighted by atomic mass is 10.2. The molecule has 0 heterocycles. The van der Waals surface area contributed by atoms with Crippen molar-refractivity contribution in [3.63, 3.8) is 0 Å². The molecule has 102 valence electrons. The summed E-state index contributed by atoms with van der Waals surface area (Å²) in [4.78, 5) is 14.2. The van der Waals surface area contributed by atoms with Gasteiger partial charge in [-0.25, -0.2) is 4.99 Å². The molecule has 2 aromatic rings. The number of hydrogen-bond donors (Lipinski definition) is 2. The zero-order chi connectivity index (χ0) is 14.5. The maximum atomic E-state index is 10.5. The molecule has 6 nitrogen and oxygen atoms in total. The van der Waals surface area contributed by atoms with E-state index in [1.807, 2.05) is 31.2 Å². The second kappa shape index (κ2) is 5.83. The summed E-state index contributed by atoms with van der Waals surface area (Å²) in [5.74, 6) is 0.226. The summed E-state index contributed by atoms with van der Waals surface area (Å²) >= 11 is 0. The van der Waals surface area contributed by atoms with E-state index in [0.717, 1.165) is 11.3 Å². The number of hydrogen-bond acceptors (Lipinski definition) is 3. The minimum Gasteiger partial charge on any atom is -0.369 e. The third-order valence-corrected chi connectivity index (χ3v) is 2.60. The number of aryl methyl sites for hydroxylation is 1. The number of nitrogens with one attached hydrogen (secondary N) is 1. The molecule has 2 rings (SSSR count). The number of aliphatic imine (C=N–C) groups is 1. The van der Waals surface area contributed by atoms with Gasteiger partial charge in [0.2, 0.25) is 0 Å². The summed E-state index contributed by atoms with van der Waals surface area (Å²) in [6, 6.07) is 13.6. The van der Waals surface area contributed by atoms with Gasteiger partial charge in [-0.05, 0) is 36.8 Å². The van der Waals surface area contributed by atoms with Gasteiger partial charge in [0.05, 0.1) is 10.6 Å². The Morgan fingerprint density at radius 1 is 1.25 bits per heavy atom. The third-order valence-electron chi connectivity index (χ3n) is 2.60. The first-order chi connectivity index (χ1) is 9.54. The van der Waals surface area contributed by atoms with E-state index in [1.165, 1.54) is 12.1 Å². The molecular formula is C14H14N4O2. The molecule has 3 N–H and O–H groups in total. The Bertz CT molecular complexity index is 650. The van der Waals surface area contributed by atoms with Crippen LogP contribution in [0.2, 0.25) is 0 Å². The van der Waals surface area contributed by atoms with Crippen molar-refractivity contribution in [3.8, 4) is 0 Å². The Hall–Kier alpha value is -2.89. The number of anilines is 1. The second-order valence-corrected chi connectivity index (χ2v) is 4.27. The van der Waals surface area contributed by atoms with Gasteiger partial charge < -0.3 is 11.1 Å².